The molecule has 0 radical (unpaired) electrons. The summed E-state index contributed by atoms with van der Waals surface area (Å²) in [6.45, 7) is 3.94. The van der Waals surface area contributed by atoms with Crippen LogP contribution in [-0.2, 0) is 16.2 Å². The van der Waals surface area contributed by atoms with Crippen molar-refractivity contribution in [2.45, 2.75) is 20.5 Å². The van der Waals surface area contributed by atoms with Gasteiger partial charge in [-0.05, 0) is 105 Å². The van der Waals surface area contributed by atoms with Gasteiger partial charge in [0.1, 0.15) is 17.9 Å². The van der Waals surface area contributed by atoms with Crippen LogP contribution in [0.2, 0.25) is 0 Å². The standard InChI is InChI=1S/C27H19BrIN3O4/c1-15-7-16(2)9-20(8-15)32-26(34)21(25(33)31-27(32)35)10-17-11-22(28)24(23(29)12-17)36-14-19-6-4-3-5-18(19)13-30/h3-12H,14H2,1-2H3,(H,31,33,35)/b21-10+. The van der Waals surface area contributed by atoms with Crippen LogP contribution in [0.1, 0.15) is 27.8 Å². The van der Waals surface area contributed by atoms with Crippen LogP contribution in [-0.4, -0.2) is 17.8 Å². The number of carbonyl (C=O) groups excluding carboxylic acids is 3. The van der Waals surface area contributed by atoms with Gasteiger partial charge in [-0.1, -0.05) is 24.3 Å². The molecular weight excluding hydrogens is 637 g/mol. The average Bonchev–Trinajstić information content (AvgIpc) is 2.80. The fourth-order valence-corrected chi connectivity index (χ4v) is 5.61. The molecule has 1 fully saturated rings. The number of amides is 4. The lowest BCUT2D eigenvalue weighted by Gasteiger charge is -2.27. The Hall–Kier alpha value is -3.49. The molecule has 4 amide bonds. The van der Waals surface area contributed by atoms with Gasteiger partial charge in [0.2, 0.25) is 0 Å². The molecule has 1 aliphatic rings. The van der Waals surface area contributed by atoms with Crippen molar-refractivity contribution in [2.75, 3.05) is 4.90 Å². The summed E-state index contributed by atoms with van der Waals surface area (Å²) in [5, 5.41) is 11.5. The fourth-order valence-electron chi connectivity index (χ4n) is 3.84. The molecule has 0 saturated carbocycles. The normalized spacial score (nSPS) is 14.6. The Morgan fingerprint density at radius 1 is 1.08 bits per heavy atom. The number of nitrogens with one attached hydrogen (secondary N) is 1. The van der Waals surface area contributed by atoms with Crippen LogP contribution in [0.5, 0.6) is 5.75 Å². The lowest BCUT2D eigenvalue weighted by molar-refractivity contribution is -0.122. The van der Waals surface area contributed by atoms with Crippen molar-refractivity contribution in [3.8, 4) is 11.8 Å². The highest BCUT2D eigenvalue weighted by Crippen LogP contribution is 2.34. The van der Waals surface area contributed by atoms with Crippen LogP contribution in [0.25, 0.3) is 6.08 Å². The third-order valence-electron chi connectivity index (χ3n) is 5.41. The lowest BCUT2D eigenvalue weighted by Crippen LogP contribution is -2.54. The highest BCUT2D eigenvalue weighted by Gasteiger charge is 2.37. The molecule has 1 N–H and O–H groups in total. The minimum atomic E-state index is -0.788. The SMILES string of the molecule is Cc1cc(C)cc(N2C(=O)NC(=O)/C(=C\c3cc(Br)c(OCc4ccccc4C#N)c(I)c3)C2=O)c1. The van der Waals surface area contributed by atoms with Crippen LogP contribution in [0, 0.1) is 28.7 Å². The summed E-state index contributed by atoms with van der Waals surface area (Å²) < 4.78 is 7.31. The predicted octanol–water partition coefficient (Wildman–Crippen LogP) is 5.79. The van der Waals surface area contributed by atoms with Crippen LogP contribution in [0.15, 0.2) is 64.6 Å². The number of urea groups is 1. The van der Waals surface area contributed by atoms with Crippen LogP contribution in [0.3, 0.4) is 0 Å². The van der Waals surface area contributed by atoms with Crippen molar-refractivity contribution in [3.05, 3.63) is 96.0 Å². The number of benzene rings is 3. The van der Waals surface area contributed by atoms with Crippen LogP contribution < -0.4 is 15.0 Å². The smallest absolute Gasteiger partial charge is 0.335 e. The van der Waals surface area contributed by atoms with Gasteiger partial charge in [-0.2, -0.15) is 5.26 Å². The molecule has 1 saturated heterocycles. The summed E-state index contributed by atoms with van der Waals surface area (Å²) in [4.78, 5) is 39.3. The van der Waals surface area contributed by atoms with Crippen molar-refractivity contribution < 1.29 is 19.1 Å². The van der Waals surface area contributed by atoms with Crippen molar-refractivity contribution >= 4 is 68.1 Å². The van der Waals surface area contributed by atoms with Gasteiger partial charge in [0.15, 0.2) is 0 Å². The number of rotatable bonds is 5. The van der Waals surface area contributed by atoms with E-state index in [-0.39, 0.29) is 12.2 Å². The summed E-state index contributed by atoms with van der Waals surface area (Å²) in [7, 11) is 0. The molecule has 0 aromatic heterocycles. The Balaban J connectivity index is 1.63. The van der Waals surface area contributed by atoms with E-state index in [0.717, 1.165) is 25.2 Å². The number of nitrogens with zero attached hydrogens (tertiary/aromatic N) is 2. The largest absolute Gasteiger partial charge is 0.487 e. The van der Waals surface area contributed by atoms with Gasteiger partial charge in [-0.3, -0.25) is 14.9 Å². The molecule has 0 aliphatic carbocycles. The first-order valence-electron chi connectivity index (χ1n) is 10.8. The van der Waals surface area contributed by atoms with E-state index in [1.165, 1.54) is 6.08 Å². The Morgan fingerprint density at radius 3 is 2.44 bits per heavy atom. The molecule has 1 heterocycles. The molecule has 0 bridgehead atoms. The molecule has 7 nitrogen and oxygen atoms in total. The molecule has 1 aliphatic heterocycles. The molecule has 9 heteroatoms. The lowest BCUT2D eigenvalue weighted by atomic mass is 10.1. The van der Waals surface area contributed by atoms with Gasteiger partial charge < -0.3 is 4.74 Å². The zero-order chi connectivity index (χ0) is 26.0. The monoisotopic (exact) mass is 655 g/mol. The quantitative estimate of drug-likeness (QED) is 0.213. The molecule has 0 unspecified atom stereocenters. The zero-order valence-corrected chi connectivity index (χ0v) is 23.0. The van der Waals surface area contributed by atoms with Gasteiger partial charge in [-0.25, -0.2) is 9.69 Å². The molecule has 180 valence electrons. The number of ether oxygens (including phenoxy) is 1. The molecule has 0 atom stereocenters. The molecule has 3 aromatic rings. The minimum Gasteiger partial charge on any atom is -0.487 e. The number of anilines is 1. The molecule has 0 spiro atoms. The Morgan fingerprint density at radius 2 is 1.78 bits per heavy atom. The summed E-state index contributed by atoms with van der Waals surface area (Å²) in [5.41, 5.74) is 3.88. The van der Waals surface area contributed by atoms with E-state index in [0.29, 0.717) is 27.0 Å². The van der Waals surface area contributed by atoms with Crippen LogP contribution in [0.4, 0.5) is 10.5 Å². The summed E-state index contributed by atoms with van der Waals surface area (Å²) >= 11 is 5.60. The van der Waals surface area contributed by atoms with Crippen molar-refractivity contribution in [3.63, 3.8) is 0 Å². The maximum Gasteiger partial charge on any atom is 0.335 e. The number of hydrogen-bond donors (Lipinski definition) is 1. The number of nitriles is 1. The summed E-state index contributed by atoms with van der Waals surface area (Å²) in [6, 6.07) is 17.4. The van der Waals surface area contributed by atoms with E-state index < -0.39 is 17.8 Å². The van der Waals surface area contributed by atoms with Gasteiger partial charge in [0.05, 0.1) is 25.4 Å². The average molecular weight is 656 g/mol. The maximum absolute atomic E-state index is 13.2. The van der Waals surface area contributed by atoms with Crippen molar-refractivity contribution in [2.24, 2.45) is 0 Å². The maximum atomic E-state index is 13.2. The summed E-state index contributed by atoms with van der Waals surface area (Å²) in [5.74, 6) is -0.893. The van der Waals surface area contributed by atoms with E-state index in [9.17, 15) is 19.6 Å². The molecule has 3 aromatic carbocycles. The van der Waals surface area contributed by atoms with E-state index in [4.69, 9.17) is 4.74 Å². The van der Waals surface area contributed by atoms with E-state index in [2.05, 4.69) is 49.9 Å². The first-order chi connectivity index (χ1) is 17.2. The van der Waals surface area contributed by atoms with Gasteiger partial charge in [0.25, 0.3) is 11.8 Å². The number of imide groups is 2. The third kappa shape index (κ3) is 5.34. The third-order valence-corrected chi connectivity index (χ3v) is 6.80. The number of halogens is 2. The van der Waals surface area contributed by atoms with E-state index >= 15 is 0 Å². The first kappa shape index (κ1) is 25.6. The van der Waals surface area contributed by atoms with E-state index in [1.54, 1.807) is 36.4 Å². The second kappa shape index (κ2) is 10.6. The number of carbonyl (C=O) groups is 3. The fraction of sp³-hybridized carbons (Fsp3) is 0.111. The first-order valence-corrected chi connectivity index (χ1v) is 12.6. The van der Waals surface area contributed by atoms with Crippen LogP contribution >= 0.6 is 38.5 Å². The topological polar surface area (TPSA) is 99.5 Å². The van der Waals surface area contributed by atoms with Crippen molar-refractivity contribution in [1.29, 1.82) is 5.26 Å². The van der Waals surface area contributed by atoms with Crippen molar-refractivity contribution in [1.82, 2.24) is 5.32 Å². The zero-order valence-electron chi connectivity index (χ0n) is 19.3. The number of hydrogen-bond acceptors (Lipinski definition) is 5. The van der Waals surface area contributed by atoms with Gasteiger partial charge in [0, 0.05) is 5.56 Å². The second-order valence-electron chi connectivity index (χ2n) is 8.18. The number of aryl methyl sites for hydroxylation is 2. The number of barbiturate groups is 1. The minimum absolute atomic E-state index is 0.159. The summed E-state index contributed by atoms with van der Waals surface area (Å²) in [6.07, 6.45) is 1.45. The molecular formula is C27H19BrIN3O4. The van der Waals surface area contributed by atoms with E-state index in [1.807, 2.05) is 32.0 Å². The Labute approximate surface area is 230 Å². The Bertz CT molecular complexity index is 1450. The van der Waals surface area contributed by atoms with Gasteiger partial charge >= 0.3 is 6.03 Å². The predicted molar refractivity (Wildman–Crippen MR) is 147 cm³/mol. The second-order valence-corrected chi connectivity index (χ2v) is 10.2. The molecule has 4 rings (SSSR count). The van der Waals surface area contributed by atoms with Gasteiger partial charge in [-0.15, -0.1) is 0 Å². The Kier molecular flexibility index (Phi) is 7.56. The highest BCUT2D eigenvalue weighted by molar-refractivity contribution is 14.1. The molecule has 36 heavy (non-hydrogen) atoms. The highest BCUT2D eigenvalue weighted by atomic mass is 127.